The second kappa shape index (κ2) is 5.81. The molecule has 0 aliphatic carbocycles. The summed E-state index contributed by atoms with van der Waals surface area (Å²) in [6, 6.07) is 15.4. The molecule has 0 fully saturated rings. The predicted molar refractivity (Wildman–Crippen MR) is 84.4 cm³/mol. The van der Waals surface area contributed by atoms with E-state index in [1.54, 1.807) is 12.1 Å². The molecule has 1 N–H and O–H groups in total. The van der Waals surface area contributed by atoms with Crippen molar-refractivity contribution >= 4 is 23.0 Å². The van der Waals surface area contributed by atoms with Crippen LogP contribution in [0.2, 0.25) is 0 Å². The minimum atomic E-state index is -0.309. The van der Waals surface area contributed by atoms with E-state index in [9.17, 15) is 9.18 Å². The van der Waals surface area contributed by atoms with Crippen LogP contribution in [0.4, 0.5) is 4.39 Å². The summed E-state index contributed by atoms with van der Waals surface area (Å²) >= 11 is 0. The Labute approximate surface area is 126 Å². The molecular formula is C17H14FN3O. The Morgan fingerprint density at radius 1 is 1.18 bits per heavy atom. The summed E-state index contributed by atoms with van der Waals surface area (Å²) in [6.45, 7) is 0. The maximum absolute atomic E-state index is 12.8. The number of carbonyl (C=O) groups is 1. The molecule has 0 aliphatic heterocycles. The molecule has 4 nitrogen and oxygen atoms in total. The fourth-order valence-electron chi connectivity index (χ4n) is 2.28. The smallest absolute Gasteiger partial charge is 0.287 e. The molecule has 0 radical (unpaired) electrons. The van der Waals surface area contributed by atoms with Crippen LogP contribution in [0.3, 0.4) is 0 Å². The summed E-state index contributed by atoms with van der Waals surface area (Å²) < 4.78 is 14.6. The van der Waals surface area contributed by atoms with Crippen LogP contribution in [0.1, 0.15) is 16.1 Å². The summed E-state index contributed by atoms with van der Waals surface area (Å²) in [6.07, 6.45) is 1.47. The molecule has 1 amide bonds. The van der Waals surface area contributed by atoms with Gasteiger partial charge in [0.1, 0.15) is 11.5 Å². The molecule has 0 saturated carbocycles. The number of aryl methyl sites for hydroxylation is 1. The second-order valence-electron chi connectivity index (χ2n) is 4.90. The highest BCUT2D eigenvalue weighted by Crippen LogP contribution is 2.18. The average molecular weight is 295 g/mol. The van der Waals surface area contributed by atoms with Crippen molar-refractivity contribution in [1.29, 1.82) is 0 Å². The lowest BCUT2D eigenvalue weighted by atomic mass is 10.2. The number of fused-ring (bicyclic) bond motifs is 1. The Balaban J connectivity index is 1.76. The summed E-state index contributed by atoms with van der Waals surface area (Å²) in [5, 5.41) is 4.90. The molecular weight excluding hydrogens is 281 g/mol. The van der Waals surface area contributed by atoms with E-state index in [-0.39, 0.29) is 11.7 Å². The summed E-state index contributed by atoms with van der Waals surface area (Å²) in [5.74, 6) is -0.603. The van der Waals surface area contributed by atoms with Crippen LogP contribution in [-0.2, 0) is 7.05 Å². The number of hydrogen-bond acceptors (Lipinski definition) is 2. The normalized spacial score (nSPS) is 11.2. The largest absolute Gasteiger partial charge is 0.340 e. The van der Waals surface area contributed by atoms with Crippen LogP contribution in [0.15, 0.2) is 59.7 Å². The van der Waals surface area contributed by atoms with E-state index in [2.05, 4.69) is 10.5 Å². The number of hydrazone groups is 1. The van der Waals surface area contributed by atoms with Gasteiger partial charge in [-0.15, -0.1) is 0 Å². The third kappa shape index (κ3) is 2.74. The molecule has 0 aliphatic rings. The van der Waals surface area contributed by atoms with Crippen molar-refractivity contribution in [3.8, 4) is 0 Å². The van der Waals surface area contributed by atoms with Gasteiger partial charge in [0, 0.05) is 18.0 Å². The topological polar surface area (TPSA) is 46.4 Å². The number of hydrogen-bond donors (Lipinski definition) is 1. The van der Waals surface area contributed by atoms with Gasteiger partial charge < -0.3 is 4.57 Å². The first kappa shape index (κ1) is 14.0. The standard InChI is InChI=1S/C17H14FN3O/c1-21-15-5-3-2-4-13(15)10-16(21)17(22)20-19-11-12-6-8-14(18)9-7-12/h2-11H,1H3,(H,20,22)/b19-11+. The van der Waals surface area contributed by atoms with Gasteiger partial charge in [-0.05, 0) is 29.8 Å². The number of rotatable bonds is 3. The molecule has 0 bridgehead atoms. The van der Waals surface area contributed by atoms with Crippen LogP contribution in [0, 0.1) is 5.82 Å². The first-order valence-electron chi connectivity index (χ1n) is 6.78. The molecule has 0 saturated heterocycles. The lowest BCUT2D eigenvalue weighted by Gasteiger charge is -2.02. The molecule has 1 heterocycles. The average Bonchev–Trinajstić information content (AvgIpc) is 2.87. The van der Waals surface area contributed by atoms with Gasteiger partial charge in [0.15, 0.2) is 0 Å². The first-order chi connectivity index (χ1) is 10.6. The van der Waals surface area contributed by atoms with Gasteiger partial charge >= 0.3 is 0 Å². The minimum absolute atomic E-state index is 0.294. The second-order valence-corrected chi connectivity index (χ2v) is 4.90. The van der Waals surface area contributed by atoms with Crippen molar-refractivity contribution in [2.24, 2.45) is 12.1 Å². The van der Waals surface area contributed by atoms with Gasteiger partial charge in [-0.25, -0.2) is 9.82 Å². The van der Waals surface area contributed by atoms with Crippen molar-refractivity contribution in [2.75, 3.05) is 0 Å². The highest BCUT2D eigenvalue weighted by atomic mass is 19.1. The molecule has 0 unspecified atom stereocenters. The molecule has 2 aromatic carbocycles. The van der Waals surface area contributed by atoms with Gasteiger partial charge in [0.25, 0.3) is 5.91 Å². The highest BCUT2D eigenvalue weighted by Gasteiger charge is 2.11. The Kier molecular flexibility index (Phi) is 3.70. The third-order valence-corrected chi connectivity index (χ3v) is 3.43. The molecule has 0 spiro atoms. The molecule has 0 atom stereocenters. The number of nitrogens with one attached hydrogen (secondary N) is 1. The predicted octanol–water partition coefficient (Wildman–Crippen LogP) is 3.08. The van der Waals surface area contributed by atoms with Crippen LogP contribution in [0.5, 0.6) is 0 Å². The Morgan fingerprint density at radius 2 is 1.91 bits per heavy atom. The lowest BCUT2D eigenvalue weighted by molar-refractivity contribution is 0.0947. The zero-order valence-corrected chi connectivity index (χ0v) is 12.0. The van der Waals surface area contributed by atoms with Gasteiger partial charge in [0.05, 0.1) is 6.21 Å². The van der Waals surface area contributed by atoms with E-state index in [0.29, 0.717) is 11.3 Å². The molecule has 3 aromatic rings. The van der Waals surface area contributed by atoms with Gasteiger partial charge in [-0.3, -0.25) is 4.79 Å². The summed E-state index contributed by atoms with van der Waals surface area (Å²) in [5.41, 5.74) is 4.69. The Hall–Kier alpha value is -2.95. The molecule has 1 aromatic heterocycles. The number of amides is 1. The van der Waals surface area contributed by atoms with Crippen LogP contribution in [-0.4, -0.2) is 16.7 Å². The molecule has 5 heteroatoms. The first-order valence-corrected chi connectivity index (χ1v) is 6.78. The zero-order valence-electron chi connectivity index (χ0n) is 12.0. The van der Waals surface area contributed by atoms with Crippen LogP contribution in [0.25, 0.3) is 10.9 Å². The van der Waals surface area contributed by atoms with Gasteiger partial charge in [0.2, 0.25) is 0 Å². The maximum Gasteiger partial charge on any atom is 0.287 e. The van der Waals surface area contributed by atoms with E-state index in [1.165, 1.54) is 18.3 Å². The van der Waals surface area contributed by atoms with E-state index < -0.39 is 0 Å². The summed E-state index contributed by atoms with van der Waals surface area (Å²) in [7, 11) is 1.83. The lowest BCUT2D eigenvalue weighted by Crippen LogP contribution is -2.20. The monoisotopic (exact) mass is 295 g/mol. The van der Waals surface area contributed by atoms with Crippen LogP contribution < -0.4 is 5.43 Å². The Bertz CT molecular complexity index is 850. The number of halogens is 1. The zero-order chi connectivity index (χ0) is 15.5. The number of nitrogens with zero attached hydrogens (tertiary/aromatic N) is 2. The number of para-hydroxylation sites is 1. The van der Waals surface area contributed by atoms with Crippen molar-refractivity contribution in [1.82, 2.24) is 9.99 Å². The minimum Gasteiger partial charge on any atom is -0.340 e. The quantitative estimate of drug-likeness (QED) is 0.586. The van der Waals surface area contributed by atoms with E-state index in [0.717, 1.165) is 10.9 Å². The number of aromatic nitrogens is 1. The number of benzene rings is 2. The van der Waals surface area contributed by atoms with Gasteiger partial charge in [-0.2, -0.15) is 5.10 Å². The van der Waals surface area contributed by atoms with Crippen molar-refractivity contribution in [2.45, 2.75) is 0 Å². The summed E-state index contributed by atoms with van der Waals surface area (Å²) in [4.78, 5) is 12.2. The van der Waals surface area contributed by atoms with E-state index in [1.807, 2.05) is 41.9 Å². The van der Waals surface area contributed by atoms with Gasteiger partial charge in [-0.1, -0.05) is 30.3 Å². The van der Waals surface area contributed by atoms with E-state index >= 15 is 0 Å². The number of carbonyl (C=O) groups excluding carboxylic acids is 1. The third-order valence-electron chi connectivity index (χ3n) is 3.43. The van der Waals surface area contributed by atoms with Crippen molar-refractivity contribution < 1.29 is 9.18 Å². The van der Waals surface area contributed by atoms with Crippen molar-refractivity contribution in [3.05, 3.63) is 71.7 Å². The SMILES string of the molecule is Cn1c(C(=O)N/N=C/c2ccc(F)cc2)cc2ccccc21. The maximum atomic E-state index is 12.8. The molecule has 3 rings (SSSR count). The fourth-order valence-corrected chi connectivity index (χ4v) is 2.28. The fraction of sp³-hybridized carbons (Fsp3) is 0.0588. The highest BCUT2D eigenvalue weighted by molar-refractivity contribution is 5.99. The van der Waals surface area contributed by atoms with E-state index in [4.69, 9.17) is 0 Å². The molecule has 110 valence electrons. The Morgan fingerprint density at radius 3 is 2.64 bits per heavy atom. The van der Waals surface area contributed by atoms with Crippen molar-refractivity contribution in [3.63, 3.8) is 0 Å². The van der Waals surface area contributed by atoms with Crippen LogP contribution >= 0.6 is 0 Å². The molecule has 22 heavy (non-hydrogen) atoms.